The number of halogens is 1. The first-order chi connectivity index (χ1) is 11.6. The molecule has 1 heterocycles. The molecule has 0 unspecified atom stereocenters. The zero-order chi connectivity index (χ0) is 17.1. The van der Waals surface area contributed by atoms with Gasteiger partial charge in [0.1, 0.15) is 17.0 Å². The molecule has 0 saturated carbocycles. The van der Waals surface area contributed by atoms with E-state index in [9.17, 15) is 4.79 Å². The average molecular weight is 385 g/mol. The first-order valence-corrected chi connectivity index (χ1v) is 8.43. The molecule has 3 aromatic rings. The Morgan fingerprint density at radius 1 is 1.12 bits per heavy atom. The molecule has 5 heteroatoms. The van der Waals surface area contributed by atoms with E-state index in [0.717, 1.165) is 15.6 Å². The van der Waals surface area contributed by atoms with Gasteiger partial charge in [0, 0.05) is 10.0 Å². The maximum Gasteiger partial charge on any atom is 0.257 e. The number of amides is 1. The second-order valence-corrected chi connectivity index (χ2v) is 6.49. The molecule has 1 amide bonds. The summed E-state index contributed by atoms with van der Waals surface area (Å²) in [6, 6.07) is 17.4. The SMILES string of the molecule is Cc1onc(-c2ccc(Br)cc2)c1C(=O)N[C@@H](C)c1ccccc1. The van der Waals surface area contributed by atoms with E-state index in [2.05, 4.69) is 26.4 Å². The van der Waals surface area contributed by atoms with E-state index in [1.807, 2.05) is 61.5 Å². The Morgan fingerprint density at radius 2 is 1.79 bits per heavy atom. The summed E-state index contributed by atoms with van der Waals surface area (Å²) in [5.74, 6) is 0.314. The highest BCUT2D eigenvalue weighted by Crippen LogP contribution is 2.27. The summed E-state index contributed by atoms with van der Waals surface area (Å²) >= 11 is 3.41. The lowest BCUT2D eigenvalue weighted by atomic mass is 10.0. The number of hydrogen-bond acceptors (Lipinski definition) is 3. The highest BCUT2D eigenvalue weighted by atomic mass is 79.9. The molecule has 0 spiro atoms. The van der Waals surface area contributed by atoms with Gasteiger partial charge >= 0.3 is 0 Å². The standard InChI is InChI=1S/C19H17BrN2O2/c1-12(14-6-4-3-5-7-14)21-19(23)17-13(2)24-22-18(17)15-8-10-16(20)11-9-15/h3-12H,1-2H3,(H,21,23)/t12-/m0/s1. The Hall–Kier alpha value is -2.40. The third-order valence-corrected chi connectivity index (χ3v) is 4.38. The molecule has 0 aliphatic rings. The van der Waals surface area contributed by atoms with Crippen LogP contribution in [0.15, 0.2) is 63.6 Å². The van der Waals surface area contributed by atoms with Crippen molar-refractivity contribution in [1.29, 1.82) is 0 Å². The van der Waals surface area contributed by atoms with Crippen LogP contribution in [-0.2, 0) is 0 Å². The van der Waals surface area contributed by atoms with Crippen LogP contribution >= 0.6 is 15.9 Å². The van der Waals surface area contributed by atoms with E-state index in [1.165, 1.54) is 0 Å². The molecule has 0 fully saturated rings. The predicted octanol–water partition coefficient (Wildman–Crippen LogP) is 4.90. The number of rotatable bonds is 4. The maximum atomic E-state index is 12.8. The van der Waals surface area contributed by atoms with E-state index in [4.69, 9.17) is 4.52 Å². The van der Waals surface area contributed by atoms with Crippen molar-refractivity contribution in [2.45, 2.75) is 19.9 Å². The minimum absolute atomic E-state index is 0.106. The van der Waals surface area contributed by atoms with Crippen molar-refractivity contribution in [2.24, 2.45) is 0 Å². The van der Waals surface area contributed by atoms with Crippen LogP contribution < -0.4 is 5.32 Å². The Labute approximate surface area is 149 Å². The first kappa shape index (κ1) is 16.5. The van der Waals surface area contributed by atoms with Gasteiger partial charge in [-0.2, -0.15) is 0 Å². The molecule has 24 heavy (non-hydrogen) atoms. The average Bonchev–Trinajstić information content (AvgIpc) is 2.98. The quantitative estimate of drug-likeness (QED) is 0.695. The molecular weight excluding hydrogens is 368 g/mol. The molecule has 0 radical (unpaired) electrons. The maximum absolute atomic E-state index is 12.8. The smallest absolute Gasteiger partial charge is 0.257 e. The molecular formula is C19H17BrN2O2. The van der Waals surface area contributed by atoms with Crippen LogP contribution in [0.3, 0.4) is 0 Å². The zero-order valence-corrected chi connectivity index (χ0v) is 15.0. The molecule has 0 aliphatic heterocycles. The normalized spacial score (nSPS) is 12.0. The molecule has 0 bridgehead atoms. The van der Waals surface area contributed by atoms with Crippen LogP contribution in [0, 0.1) is 6.92 Å². The largest absolute Gasteiger partial charge is 0.360 e. The molecule has 122 valence electrons. The molecule has 1 N–H and O–H groups in total. The highest BCUT2D eigenvalue weighted by molar-refractivity contribution is 9.10. The highest BCUT2D eigenvalue weighted by Gasteiger charge is 2.23. The Balaban J connectivity index is 1.88. The number of carbonyl (C=O) groups is 1. The monoisotopic (exact) mass is 384 g/mol. The molecule has 0 aliphatic carbocycles. The number of benzene rings is 2. The lowest BCUT2D eigenvalue weighted by Crippen LogP contribution is -2.27. The minimum Gasteiger partial charge on any atom is -0.360 e. The van der Waals surface area contributed by atoms with E-state index < -0.39 is 0 Å². The number of hydrogen-bond donors (Lipinski definition) is 1. The minimum atomic E-state index is -0.192. The Bertz CT molecular complexity index is 842. The van der Waals surface area contributed by atoms with Gasteiger partial charge in [0.25, 0.3) is 5.91 Å². The van der Waals surface area contributed by atoms with Gasteiger partial charge in [0.05, 0.1) is 6.04 Å². The molecule has 3 rings (SSSR count). The number of aryl methyl sites for hydroxylation is 1. The summed E-state index contributed by atoms with van der Waals surface area (Å²) in [5, 5.41) is 7.08. The van der Waals surface area contributed by atoms with Gasteiger partial charge in [0.2, 0.25) is 0 Å². The van der Waals surface area contributed by atoms with Crippen LogP contribution in [0.25, 0.3) is 11.3 Å². The van der Waals surface area contributed by atoms with E-state index in [1.54, 1.807) is 6.92 Å². The van der Waals surface area contributed by atoms with Crippen LogP contribution in [-0.4, -0.2) is 11.1 Å². The number of carbonyl (C=O) groups excluding carboxylic acids is 1. The number of nitrogens with one attached hydrogen (secondary N) is 1. The fourth-order valence-corrected chi connectivity index (χ4v) is 2.80. The van der Waals surface area contributed by atoms with Crippen LogP contribution in [0.2, 0.25) is 0 Å². The number of nitrogens with zero attached hydrogens (tertiary/aromatic N) is 1. The van der Waals surface area contributed by atoms with Crippen molar-refractivity contribution >= 4 is 21.8 Å². The fourth-order valence-electron chi connectivity index (χ4n) is 2.54. The summed E-state index contributed by atoms with van der Waals surface area (Å²) in [7, 11) is 0. The van der Waals surface area contributed by atoms with Gasteiger partial charge < -0.3 is 9.84 Å². The van der Waals surface area contributed by atoms with Crippen LogP contribution in [0.1, 0.15) is 34.6 Å². The van der Waals surface area contributed by atoms with Crippen LogP contribution in [0.5, 0.6) is 0 Å². The van der Waals surface area contributed by atoms with Crippen molar-refractivity contribution in [3.05, 3.63) is 76.0 Å². The van der Waals surface area contributed by atoms with E-state index >= 15 is 0 Å². The third kappa shape index (κ3) is 3.41. The molecule has 0 saturated heterocycles. The molecule has 1 atom stereocenters. The van der Waals surface area contributed by atoms with Gasteiger partial charge in [-0.3, -0.25) is 4.79 Å². The van der Waals surface area contributed by atoms with Gasteiger partial charge in [-0.25, -0.2) is 0 Å². The summed E-state index contributed by atoms with van der Waals surface area (Å²) in [4.78, 5) is 12.8. The topological polar surface area (TPSA) is 55.1 Å². The fraction of sp³-hybridized carbons (Fsp3) is 0.158. The van der Waals surface area contributed by atoms with Crippen molar-refractivity contribution in [2.75, 3.05) is 0 Å². The van der Waals surface area contributed by atoms with Crippen LogP contribution in [0.4, 0.5) is 0 Å². The summed E-state index contributed by atoms with van der Waals surface area (Å²) in [5.41, 5.74) is 2.91. The Morgan fingerprint density at radius 3 is 2.46 bits per heavy atom. The third-order valence-electron chi connectivity index (χ3n) is 3.85. The summed E-state index contributed by atoms with van der Waals surface area (Å²) < 4.78 is 6.23. The molecule has 1 aromatic heterocycles. The van der Waals surface area contributed by atoms with E-state index in [0.29, 0.717) is 17.0 Å². The van der Waals surface area contributed by atoms with E-state index in [-0.39, 0.29) is 11.9 Å². The lowest BCUT2D eigenvalue weighted by Gasteiger charge is -2.14. The Kier molecular flexibility index (Phi) is 4.81. The predicted molar refractivity (Wildman–Crippen MR) is 96.7 cm³/mol. The second-order valence-electron chi connectivity index (χ2n) is 5.58. The molecule has 4 nitrogen and oxygen atoms in total. The van der Waals surface area contributed by atoms with Gasteiger partial charge in [-0.05, 0) is 31.5 Å². The second kappa shape index (κ2) is 7.01. The number of aromatic nitrogens is 1. The molecule has 2 aromatic carbocycles. The lowest BCUT2D eigenvalue weighted by molar-refractivity contribution is 0.0939. The van der Waals surface area contributed by atoms with Crippen molar-refractivity contribution in [1.82, 2.24) is 10.5 Å². The van der Waals surface area contributed by atoms with Crippen molar-refractivity contribution in [3.8, 4) is 11.3 Å². The van der Waals surface area contributed by atoms with Gasteiger partial charge in [-0.1, -0.05) is 63.6 Å². The first-order valence-electron chi connectivity index (χ1n) is 7.64. The van der Waals surface area contributed by atoms with Gasteiger partial charge in [-0.15, -0.1) is 0 Å². The zero-order valence-electron chi connectivity index (χ0n) is 13.4. The van der Waals surface area contributed by atoms with Crippen molar-refractivity contribution in [3.63, 3.8) is 0 Å². The summed E-state index contributed by atoms with van der Waals surface area (Å²) in [6.07, 6.45) is 0. The van der Waals surface area contributed by atoms with Crippen molar-refractivity contribution < 1.29 is 9.32 Å². The summed E-state index contributed by atoms with van der Waals surface area (Å²) in [6.45, 7) is 3.70. The van der Waals surface area contributed by atoms with Gasteiger partial charge in [0.15, 0.2) is 0 Å².